The smallest absolute Gasteiger partial charge is 0.305 e. The Balaban J connectivity index is 2.00. The molecule has 2 aromatic carbocycles. The minimum absolute atomic E-state index is 0.185. The van der Waals surface area contributed by atoms with Gasteiger partial charge in [0.15, 0.2) is 6.61 Å². The van der Waals surface area contributed by atoms with Gasteiger partial charge in [-0.05, 0) is 42.3 Å². The molecule has 0 radical (unpaired) electrons. The monoisotopic (exact) mass is 343 g/mol. The van der Waals surface area contributed by atoms with E-state index < -0.39 is 12.0 Å². The lowest BCUT2D eigenvalue weighted by Crippen LogP contribution is -2.33. The molecule has 0 saturated carbocycles. The number of hydrogen-bond acceptors (Lipinski definition) is 4. The Morgan fingerprint density at radius 2 is 1.84 bits per heavy atom. The average Bonchev–Trinajstić information content (AvgIpc) is 2.59. The zero-order chi connectivity index (χ0) is 18.2. The number of carbonyl (C=O) groups is 2. The van der Waals surface area contributed by atoms with Crippen LogP contribution in [0.1, 0.15) is 23.6 Å². The molecule has 1 atom stereocenters. The number of hydrogen-bond donors (Lipinski definition) is 2. The van der Waals surface area contributed by atoms with Crippen LogP contribution in [0.4, 0.5) is 0 Å². The average molecular weight is 343 g/mol. The first-order chi connectivity index (χ1) is 12.0. The van der Waals surface area contributed by atoms with Gasteiger partial charge in [0.05, 0.1) is 19.6 Å². The summed E-state index contributed by atoms with van der Waals surface area (Å²) in [5, 5.41) is 11.8. The number of aryl methyl sites for hydroxylation is 1. The molecule has 0 spiro atoms. The second-order valence-corrected chi connectivity index (χ2v) is 5.60. The van der Waals surface area contributed by atoms with Gasteiger partial charge in [0, 0.05) is 0 Å². The van der Waals surface area contributed by atoms with Crippen LogP contribution < -0.4 is 14.8 Å². The summed E-state index contributed by atoms with van der Waals surface area (Å²) in [6, 6.07) is 13.6. The van der Waals surface area contributed by atoms with Crippen molar-refractivity contribution in [3.8, 4) is 11.5 Å². The van der Waals surface area contributed by atoms with Crippen molar-refractivity contribution < 1.29 is 24.2 Å². The SMILES string of the molecule is COc1ccc([C@@H](CC(=O)O)NC(=O)COc2cccc(C)c2)cc1. The molecular formula is C19H21NO5. The Kier molecular flexibility index (Phi) is 6.39. The highest BCUT2D eigenvalue weighted by Crippen LogP contribution is 2.20. The van der Waals surface area contributed by atoms with Crippen molar-refractivity contribution in [2.24, 2.45) is 0 Å². The molecular weight excluding hydrogens is 322 g/mol. The van der Waals surface area contributed by atoms with E-state index in [4.69, 9.17) is 14.6 Å². The maximum atomic E-state index is 12.1. The highest BCUT2D eigenvalue weighted by Gasteiger charge is 2.18. The molecule has 1 amide bonds. The van der Waals surface area contributed by atoms with Crippen LogP contribution in [0.25, 0.3) is 0 Å². The fourth-order valence-corrected chi connectivity index (χ4v) is 2.35. The standard InChI is InChI=1S/C19H21NO5/c1-13-4-3-5-16(10-13)25-12-18(21)20-17(11-19(22)23)14-6-8-15(24-2)9-7-14/h3-10,17H,11-12H2,1-2H3,(H,20,21)(H,22,23)/t17-/m1/s1. The van der Waals surface area contributed by atoms with Crippen molar-refractivity contribution in [3.63, 3.8) is 0 Å². The Bertz CT molecular complexity index is 727. The van der Waals surface area contributed by atoms with Gasteiger partial charge in [-0.3, -0.25) is 9.59 Å². The fraction of sp³-hybridized carbons (Fsp3) is 0.263. The number of methoxy groups -OCH3 is 1. The van der Waals surface area contributed by atoms with Crippen LogP contribution in [0.5, 0.6) is 11.5 Å². The number of aliphatic carboxylic acids is 1. The predicted octanol–water partition coefficient (Wildman–Crippen LogP) is 2.71. The van der Waals surface area contributed by atoms with Gasteiger partial charge in [-0.15, -0.1) is 0 Å². The van der Waals surface area contributed by atoms with E-state index >= 15 is 0 Å². The number of nitrogens with one attached hydrogen (secondary N) is 1. The molecule has 25 heavy (non-hydrogen) atoms. The molecule has 2 rings (SSSR count). The highest BCUT2D eigenvalue weighted by molar-refractivity contribution is 5.79. The number of rotatable bonds is 8. The number of carbonyl (C=O) groups excluding carboxylic acids is 1. The summed E-state index contributed by atoms with van der Waals surface area (Å²) in [5.74, 6) is -0.134. The number of benzene rings is 2. The lowest BCUT2D eigenvalue weighted by molar-refractivity contribution is -0.137. The van der Waals surface area contributed by atoms with Crippen molar-refractivity contribution in [1.29, 1.82) is 0 Å². The molecule has 6 heteroatoms. The Morgan fingerprint density at radius 1 is 1.12 bits per heavy atom. The summed E-state index contributed by atoms with van der Waals surface area (Å²) in [5.41, 5.74) is 1.71. The third-order valence-corrected chi connectivity index (χ3v) is 3.59. The molecule has 0 aliphatic rings. The van der Waals surface area contributed by atoms with Gasteiger partial charge >= 0.3 is 5.97 Å². The van der Waals surface area contributed by atoms with E-state index in [1.165, 1.54) is 0 Å². The highest BCUT2D eigenvalue weighted by atomic mass is 16.5. The van der Waals surface area contributed by atoms with Crippen LogP contribution in [0.2, 0.25) is 0 Å². The zero-order valence-electron chi connectivity index (χ0n) is 14.2. The van der Waals surface area contributed by atoms with Crippen molar-refractivity contribution >= 4 is 11.9 Å². The second-order valence-electron chi connectivity index (χ2n) is 5.60. The summed E-state index contributed by atoms with van der Waals surface area (Å²) < 4.78 is 10.5. The summed E-state index contributed by atoms with van der Waals surface area (Å²) in [7, 11) is 1.55. The number of carboxylic acids is 1. The number of amides is 1. The molecule has 0 fully saturated rings. The topological polar surface area (TPSA) is 84.9 Å². The van der Waals surface area contributed by atoms with E-state index in [2.05, 4.69) is 5.32 Å². The molecule has 0 bridgehead atoms. The molecule has 0 unspecified atom stereocenters. The Morgan fingerprint density at radius 3 is 2.44 bits per heavy atom. The minimum atomic E-state index is -0.999. The summed E-state index contributed by atoms with van der Waals surface area (Å²) in [4.78, 5) is 23.2. The van der Waals surface area contributed by atoms with Gasteiger partial charge in [-0.1, -0.05) is 24.3 Å². The lowest BCUT2D eigenvalue weighted by atomic mass is 10.0. The third kappa shape index (κ3) is 5.84. The van der Waals surface area contributed by atoms with Crippen molar-refractivity contribution in [2.45, 2.75) is 19.4 Å². The molecule has 0 saturated heterocycles. The molecule has 0 heterocycles. The normalized spacial score (nSPS) is 11.4. The van der Waals surface area contributed by atoms with Crippen LogP contribution in [0.3, 0.4) is 0 Å². The molecule has 0 aromatic heterocycles. The maximum Gasteiger partial charge on any atom is 0.305 e. The molecule has 6 nitrogen and oxygen atoms in total. The largest absolute Gasteiger partial charge is 0.497 e. The summed E-state index contributed by atoms with van der Waals surface area (Å²) in [6.07, 6.45) is -0.220. The van der Waals surface area contributed by atoms with Crippen LogP contribution in [-0.4, -0.2) is 30.7 Å². The quantitative estimate of drug-likeness (QED) is 0.770. The zero-order valence-corrected chi connectivity index (χ0v) is 14.2. The second kappa shape index (κ2) is 8.73. The summed E-state index contributed by atoms with van der Waals surface area (Å²) >= 11 is 0. The maximum absolute atomic E-state index is 12.1. The van der Waals surface area contributed by atoms with Crippen LogP contribution in [0.15, 0.2) is 48.5 Å². The van der Waals surface area contributed by atoms with Gasteiger partial charge in [0.25, 0.3) is 5.91 Å². The fourth-order valence-electron chi connectivity index (χ4n) is 2.35. The van der Waals surface area contributed by atoms with Crippen LogP contribution in [0, 0.1) is 6.92 Å². The van der Waals surface area contributed by atoms with Gasteiger partial charge in [-0.2, -0.15) is 0 Å². The molecule has 0 aliphatic heterocycles. The van der Waals surface area contributed by atoms with Gasteiger partial charge < -0.3 is 19.9 Å². The van der Waals surface area contributed by atoms with Crippen LogP contribution >= 0.6 is 0 Å². The summed E-state index contributed by atoms with van der Waals surface area (Å²) in [6.45, 7) is 1.75. The van der Waals surface area contributed by atoms with Gasteiger partial charge in [0.2, 0.25) is 0 Å². The van der Waals surface area contributed by atoms with Gasteiger partial charge in [0.1, 0.15) is 11.5 Å². The lowest BCUT2D eigenvalue weighted by Gasteiger charge is -2.18. The van der Waals surface area contributed by atoms with Gasteiger partial charge in [-0.25, -0.2) is 0 Å². The van der Waals surface area contributed by atoms with E-state index in [1.807, 2.05) is 25.1 Å². The third-order valence-electron chi connectivity index (χ3n) is 3.59. The predicted molar refractivity (Wildman–Crippen MR) is 92.8 cm³/mol. The number of ether oxygens (including phenoxy) is 2. The molecule has 2 aromatic rings. The van der Waals surface area contributed by atoms with E-state index in [0.29, 0.717) is 17.1 Å². The van der Waals surface area contributed by atoms with Crippen molar-refractivity contribution in [3.05, 3.63) is 59.7 Å². The van der Waals surface area contributed by atoms with E-state index in [-0.39, 0.29) is 18.9 Å². The Labute approximate surface area is 146 Å². The molecule has 132 valence electrons. The molecule has 0 aliphatic carbocycles. The van der Waals surface area contributed by atoms with Crippen LogP contribution in [-0.2, 0) is 9.59 Å². The van der Waals surface area contributed by atoms with E-state index in [9.17, 15) is 9.59 Å². The first-order valence-electron chi connectivity index (χ1n) is 7.82. The van der Waals surface area contributed by atoms with Crippen molar-refractivity contribution in [2.75, 3.05) is 13.7 Å². The van der Waals surface area contributed by atoms with E-state index in [1.54, 1.807) is 37.4 Å². The first kappa shape index (κ1) is 18.3. The first-order valence-corrected chi connectivity index (χ1v) is 7.82. The Hall–Kier alpha value is -3.02. The van der Waals surface area contributed by atoms with E-state index in [0.717, 1.165) is 5.56 Å². The minimum Gasteiger partial charge on any atom is -0.497 e. The van der Waals surface area contributed by atoms with Crippen molar-refractivity contribution in [1.82, 2.24) is 5.32 Å². The number of carboxylic acid groups (broad SMARTS) is 1. The molecule has 2 N–H and O–H groups in total.